The van der Waals surface area contributed by atoms with Gasteiger partial charge in [-0.15, -0.1) is 0 Å². The highest BCUT2D eigenvalue weighted by Crippen LogP contribution is 2.37. The van der Waals surface area contributed by atoms with E-state index in [1.165, 1.54) is 7.11 Å². The van der Waals surface area contributed by atoms with Crippen LogP contribution in [0.3, 0.4) is 0 Å². The number of rotatable bonds is 8. The maximum atomic E-state index is 13.1. The fourth-order valence-corrected chi connectivity index (χ4v) is 4.63. The van der Waals surface area contributed by atoms with Gasteiger partial charge in [0.15, 0.2) is 0 Å². The number of ether oxygens (including phenoxy) is 1. The maximum Gasteiger partial charge on any atom is 0.323 e. The highest BCUT2D eigenvalue weighted by atomic mass is 127. The SMILES string of the molecule is COC(=O)C(Cc1ccc(I)cc1)NC(c1ccccc1)(c1ccccc1)c1ccccc1. The summed E-state index contributed by atoms with van der Waals surface area (Å²) in [6.45, 7) is 0. The summed E-state index contributed by atoms with van der Waals surface area (Å²) in [4.78, 5) is 13.1. The molecule has 166 valence electrons. The van der Waals surface area contributed by atoms with Gasteiger partial charge < -0.3 is 4.74 Å². The molecular formula is C29H26INO2. The molecule has 0 saturated carbocycles. The molecule has 0 fully saturated rings. The lowest BCUT2D eigenvalue weighted by molar-refractivity contribution is -0.143. The topological polar surface area (TPSA) is 38.3 Å². The van der Waals surface area contributed by atoms with Gasteiger partial charge in [-0.2, -0.15) is 0 Å². The molecule has 0 saturated heterocycles. The normalized spacial score (nSPS) is 12.2. The summed E-state index contributed by atoms with van der Waals surface area (Å²) in [6.07, 6.45) is 0.512. The Balaban J connectivity index is 1.89. The standard InChI is InChI=1S/C29H26INO2/c1-33-28(32)27(21-22-17-19-26(30)20-18-22)31-29(23-11-5-2-6-12-23,24-13-7-3-8-14-24)25-15-9-4-10-16-25/h2-20,27,31H,21H2,1H3. The summed E-state index contributed by atoms with van der Waals surface area (Å²) < 4.78 is 6.42. The fourth-order valence-electron chi connectivity index (χ4n) is 4.27. The molecule has 1 unspecified atom stereocenters. The van der Waals surface area contributed by atoms with E-state index in [2.05, 4.69) is 88.6 Å². The molecule has 0 aromatic heterocycles. The molecule has 4 rings (SSSR count). The van der Waals surface area contributed by atoms with Crippen LogP contribution in [0.5, 0.6) is 0 Å². The van der Waals surface area contributed by atoms with Crippen LogP contribution in [-0.2, 0) is 21.5 Å². The van der Waals surface area contributed by atoms with E-state index in [1.807, 2.05) is 54.6 Å². The smallest absolute Gasteiger partial charge is 0.323 e. The minimum absolute atomic E-state index is 0.291. The van der Waals surface area contributed by atoms with Crippen molar-refractivity contribution >= 4 is 28.6 Å². The molecule has 0 aliphatic heterocycles. The lowest BCUT2D eigenvalue weighted by Crippen LogP contribution is -2.53. The Hall–Kier alpha value is -2.96. The predicted molar refractivity (Wildman–Crippen MR) is 141 cm³/mol. The largest absolute Gasteiger partial charge is 0.468 e. The summed E-state index contributed by atoms with van der Waals surface area (Å²) in [7, 11) is 1.44. The van der Waals surface area contributed by atoms with Gasteiger partial charge in [0, 0.05) is 3.57 Å². The molecule has 4 aromatic rings. The van der Waals surface area contributed by atoms with Crippen LogP contribution in [0.25, 0.3) is 0 Å². The molecule has 0 spiro atoms. The second kappa shape index (κ2) is 10.8. The first kappa shape index (κ1) is 23.2. The molecule has 0 radical (unpaired) electrons. The Bertz CT molecular complexity index is 1070. The second-order valence-electron chi connectivity index (χ2n) is 7.90. The summed E-state index contributed by atoms with van der Waals surface area (Å²) in [6, 6.07) is 38.5. The third-order valence-corrected chi connectivity index (χ3v) is 6.57. The van der Waals surface area contributed by atoms with Crippen LogP contribution in [0.4, 0.5) is 0 Å². The average molecular weight is 547 g/mol. The van der Waals surface area contributed by atoms with Crippen molar-refractivity contribution in [2.24, 2.45) is 0 Å². The van der Waals surface area contributed by atoms with Crippen LogP contribution in [0.1, 0.15) is 22.3 Å². The molecular weight excluding hydrogens is 521 g/mol. The van der Waals surface area contributed by atoms with Gasteiger partial charge in [0.1, 0.15) is 6.04 Å². The van der Waals surface area contributed by atoms with Crippen LogP contribution in [0.2, 0.25) is 0 Å². The Morgan fingerprint density at radius 3 is 1.58 bits per heavy atom. The van der Waals surface area contributed by atoms with Gasteiger partial charge in [0.05, 0.1) is 12.6 Å². The minimum atomic E-state index is -0.744. The summed E-state index contributed by atoms with van der Waals surface area (Å²) in [5, 5.41) is 3.75. The average Bonchev–Trinajstić information content (AvgIpc) is 2.89. The molecule has 3 nitrogen and oxygen atoms in total. The molecule has 4 aromatic carbocycles. The number of esters is 1. The minimum Gasteiger partial charge on any atom is -0.468 e. The van der Waals surface area contributed by atoms with E-state index < -0.39 is 11.6 Å². The lowest BCUT2D eigenvalue weighted by Gasteiger charge is -2.39. The number of carbonyl (C=O) groups excluding carboxylic acids is 1. The zero-order valence-electron chi connectivity index (χ0n) is 18.4. The number of hydrogen-bond acceptors (Lipinski definition) is 3. The van der Waals surface area contributed by atoms with Crippen molar-refractivity contribution in [3.8, 4) is 0 Å². The van der Waals surface area contributed by atoms with Gasteiger partial charge in [-0.3, -0.25) is 10.1 Å². The van der Waals surface area contributed by atoms with E-state index in [0.717, 1.165) is 25.8 Å². The Morgan fingerprint density at radius 2 is 1.18 bits per heavy atom. The van der Waals surface area contributed by atoms with Crippen molar-refractivity contribution in [1.82, 2.24) is 5.32 Å². The summed E-state index contributed by atoms with van der Waals surface area (Å²) in [5.74, 6) is -0.291. The number of methoxy groups -OCH3 is 1. The molecule has 33 heavy (non-hydrogen) atoms. The molecule has 1 atom stereocenters. The van der Waals surface area contributed by atoms with Crippen LogP contribution in [-0.4, -0.2) is 19.1 Å². The van der Waals surface area contributed by atoms with Crippen molar-refractivity contribution in [3.63, 3.8) is 0 Å². The maximum absolute atomic E-state index is 13.1. The van der Waals surface area contributed by atoms with Gasteiger partial charge in [0.25, 0.3) is 0 Å². The van der Waals surface area contributed by atoms with Crippen molar-refractivity contribution in [2.75, 3.05) is 7.11 Å². The van der Waals surface area contributed by atoms with Crippen LogP contribution in [0.15, 0.2) is 115 Å². The quantitative estimate of drug-likeness (QED) is 0.168. The first-order valence-corrected chi connectivity index (χ1v) is 12.0. The first-order valence-electron chi connectivity index (χ1n) is 10.9. The van der Waals surface area contributed by atoms with E-state index in [1.54, 1.807) is 0 Å². The van der Waals surface area contributed by atoms with E-state index in [0.29, 0.717) is 6.42 Å². The number of benzene rings is 4. The van der Waals surface area contributed by atoms with E-state index in [4.69, 9.17) is 4.74 Å². The number of carbonyl (C=O) groups is 1. The second-order valence-corrected chi connectivity index (χ2v) is 9.14. The molecule has 1 N–H and O–H groups in total. The first-order chi connectivity index (χ1) is 16.1. The third kappa shape index (κ3) is 5.18. The Morgan fingerprint density at radius 1 is 0.758 bits per heavy atom. The van der Waals surface area contributed by atoms with Crippen LogP contribution >= 0.6 is 22.6 Å². The zero-order valence-corrected chi connectivity index (χ0v) is 20.6. The molecule has 0 amide bonds. The number of hydrogen-bond donors (Lipinski definition) is 1. The van der Waals surface area contributed by atoms with Gasteiger partial charge in [-0.05, 0) is 63.4 Å². The molecule has 0 heterocycles. The molecule has 0 aliphatic rings. The fraction of sp³-hybridized carbons (Fsp3) is 0.138. The van der Waals surface area contributed by atoms with Gasteiger partial charge in [-0.1, -0.05) is 103 Å². The summed E-state index contributed by atoms with van der Waals surface area (Å²) in [5.41, 5.74) is 3.49. The summed E-state index contributed by atoms with van der Waals surface area (Å²) >= 11 is 2.29. The number of nitrogens with one attached hydrogen (secondary N) is 1. The van der Waals surface area contributed by atoms with Gasteiger partial charge in [0.2, 0.25) is 0 Å². The highest BCUT2D eigenvalue weighted by Gasteiger charge is 2.40. The van der Waals surface area contributed by atoms with Crippen molar-refractivity contribution in [3.05, 3.63) is 141 Å². The zero-order chi connectivity index (χ0) is 23.1. The molecule has 0 bridgehead atoms. The molecule has 4 heteroatoms. The third-order valence-electron chi connectivity index (χ3n) is 5.85. The monoisotopic (exact) mass is 547 g/mol. The van der Waals surface area contributed by atoms with Crippen molar-refractivity contribution < 1.29 is 9.53 Å². The van der Waals surface area contributed by atoms with Gasteiger partial charge in [-0.25, -0.2) is 0 Å². The van der Waals surface area contributed by atoms with Gasteiger partial charge >= 0.3 is 5.97 Å². The van der Waals surface area contributed by atoms with Crippen LogP contribution in [0, 0.1) is 3.57 Å². The molecule has 0 aliphatic carbocycles. The Labute approximate surface area is 209 Å². The number of halogens is 1. The van der Waals surface area contributed by atoms with E-state index >= 15 is 0 Å². The van der Waals surface area contributed by atoms with E-state index in [-0.39, 0.29) is 5.97 Å². The lowest BCUT2D eigenvalue weighted by atomic mass is 9.76. The van der Waals surface area contributed by atoms with Crippen molar-refractivity contribution in [2.45, 2.75) is 18.0 Å². The highest BCUT2D eigenvalue weighted by molar-refractivity contribution is 14.1. The van der Waals surface area contributed by atoms with Crippen LogP contribution < -0.4 is 5.32 Å². The Kier molecular flexibility index (Phi) is 7.57. The predicted octanol–water partition coefficient (Wildman–Crippen LogP) is 5.96. The van der Waals surface area contributed by atoms with Crippen molar-refractivity contribution in [1.29, 1.82) is 0 Å². The van der Waals surface area contributed by atoms with E-state index in [9.17, 15) is 4.79 Å².